The van der Waals surface area contributed by atoms with Crippen LogP contribution in [0, 0.1) is 15.3 Å². The summed E-state index contributed by atoms with van der Waals surface area (Å²) in [4.78, 5) is 0. The molecule has 1 aromatic rings. The lowest BCUT2D eigenvalue weighted by Gasteiger charge is -2.26. The molecule has 1 N–H and O–H groups in total. The van der Waals surface area contributed by atoms with Gasteiger partial charge in [-0.3, -0.25) is 0 Å². The van der Waals surface area contributed by atoms with E-state index in [1.807, 2.05) is 6.07 Å². The summed E-state index contributed by atoms with van der Waals surface area (Å²) in [7, 11) is 0. The Morgan fingerprint density at radius 2 is 2.06 bits per heavy atom. The Balaban J connectivity index is 2.95. The van der Waals surface area contributed by atoms with Crippen molar-refractivity contribution in [3.63, 3.8) is 0 Å². The van der Waals surface area contributed by atoms with Crippen LogP contribution in [-0.2, 0) is 0 Å². The molecule has 0 heterocycles. The number of hydrogen-bond donors (Lipinski definition) is 1. The minimum atomic E-state index is -0.156. The monoisotopic (exact) mass is 349 g/mol. The van der Waals surface area contributed by atoms with Crippen molar-refractivity contribution in [3.05, 3.63) is 33.1 Å². The lowest BCUT2D eigenvalue weighted by Crippen LogP contribution is -2.28. The Labute approximate surface area is 117 Å². The smallest absolute Gasteiger partial charge is 0.124 e. The van der Waals surface area contributed by atoms with Gasteiger partial charge >= 0.3 is 0 Å². The number of halogens is 2. The topological polar surface area (TPSA) is 12.0 Å². The van der Waals surface area contributed by atoms with Gasteiger partial charge in [-0.05, 0) is 59.2 Å². The highest BCUT2D eigenvalue weighted by Gasteiger charge is 2.19. The summed E-state index contributed by atoms with van der Waals surface area (Å²) < 4.78 is 14.1. The van der Waals surface area contributed by atoms with E-state index >= 15 is 0 Å². The number of nitrogens with one attached hydrogen (secondary N) is 1. The fraction of sp³-hybridized carbons (Fsp3) is 0.571. The van der Waals surface area contributed by atoms with Gasteiger partial charge in [0.2, 0.25) is 0 Å². The Morgan fingerprint density at radius 1 is 1.35 bits per heavy atom. The van der Waals surface area contributed by atoms with E-state index in [0.717, 1.165) is 23.0 Å². The zero-order valence-corrected chi connectivity index (χ0v) is 12.9. The largest absolute Gasteiger partial charge is 0.310 e. The zero-order valence-electron chi connectivity index (χ0n) is 10.8. The standard InChI is InChI=1S/C14H21FIN/c1-4-8-17-14(10(3)5-2)12-7-6-11(15)9-13(12)16/h6-7,9-10,14,17H,4-5,8H2,1-3H3. The third-order valence-corrected chi connectivity index (χ3v) is 4.06. The predicted octanol–water partition coefficient (Wildman–Crippen LogP) is 4.52. The molecule has 0 aliphatic heterocycles. The maximum Gasteiger partial charge on any atom is 0.124 e. The van der Waals surface area contributed by atoms with Gasteiger partial charge in [-0.2, -0.15) is 0 Å². The van der Waals surface area contributed by atoms with Crippen molar-refractivity contribution < 1.29 is 4.39 Å². The van der Waals surface area contributed by atoms with E-state index in [0.29, 0.717) is 12.0 Å². The molecule has 1 rings (SSSR count). The molecule has 1 nitrogen and oxygen atoms in total. The molecule has 0 aromatic heterocycles. The molecule has 0 aliphatic carbocycles. The summed E-state index contributed by atoms with van der Waals surface area (Å²) in [5.41, 5.74) is 1.22. The van der Waals surface area contributed by atoms with Crippen molar-refractivity contribution in [1.82, 2.24) is 5.32 Å². The minimum absolute atomic E-state index is 0.156. The third-order valence-electron chi connectivity index (χ3n) is 3.12. The van der Waals surface area contributed by atoms with Crippen LogP contribution in [0.3, 0.4) is 0 Å². The molecule has 17 heavy (non-hydrogen) atoms. The first-order valence-corrected chi connectivity index (χ1v) is 7.36. The number of hydrogen-bond acceptors (Lipinski definition) is 1. The second-order valence-electron chi connectivity index (χ2n) is 4.48. The SMILES string of the molecule is CCCNC(c1ccc(F)cc1I)C(C)CC. The molecule has 0 amide bonds. The zero-order chi connectivity index (χ0) is 12.8. The molecule has 0 saturated heterocycles. The van der Waals surface area contributed by atoms with Crippen molar-refractivity contribution in [2.24, 2.45) is 5.92 Å². The highest BCUT2D eigenvalue weighted by molar-refractivity contribution is 14.1. The van der Waals surface area contributed by atoms with E-state index in [1.54, 1.807) is 12.1 Å². The van der Waals surface area contributed by atoms with Gasteiger partial charge in [0.1, 0.15) is 5.82 Å². The minimum Gasteiger partial charge on any atom is -0.310 e. The van der Waals surface area contributed by atoms with E-state index in [-0.39, 0.29) is 5.82 Å². The second-order valence-corrected chi connectivity index (χ2v) is 5.65. The Kier molecular flexibility index (Phi) is 6.41. The molecule has 3 heteroatoms. The Hall–Kier alpha value is -0.160. The highest BCUT2D eigenvalue weighted by atomic mass is 127. The summed E-state index contributed by atoms with van der Waals surface area (Å²) in [6.07, 6.45) is 2.24. The van der Waals surface area contributed by atoms with Crippen molar-refractivity contribution in [1.29, 1.82) is 0 Å². The van der Waals surface area contributed by atoms with Crippen LogP contribution in [0.5, 0.6) is 0 Å². The maximum absolute atomic E-state index is 13.1. The van der Waals surface area contributed by atoms with Crippen LogP contribution in [-0.4, -0.2) is 6.54 Å². The first-order valence-electron chi connectivity index (χ1n) is 6.28. The molecule has 0 bridgehead atoms. The van der Waals surface area contributed by atoms with Crippen LogP contribution in [0.25, 0.3) is 0 Å². The van der Waals surface area contributed by atoms with Gasteiger partial charge in [0, 0.05) is 9.61 Å². The average Bonchev–Trinajstić information content (AvgIpc) is 2.31. The van der Waals surface area contributed by atoms with Gasteiger partial charge in [-0.15, -0.1) is 0 Å². The molecule has 2 atom stereocenters. The second kappa shape index (κ2) is 7.31. The van der Waals surface area contributed by atoms with Crippen LogP contribution >= 0.6 is 22.6 Å². The maximum atomic E-state index is 13.1. The normalized spacial score (nSPS) is 14.6. The summed E-state index contributed by atoms with van der Waals surface area (Å²) >= 11 is 2.22. The average molecular weight is 349 g/mol. The number of rotatable bonds is 6. The third kappa shape index (κ3) is 4.21. The Bertz CT molecular complexity index is 354. The van der Waals surface area contributed by atoms with E-state index in [4.69, 9.17) is 0 Å². The predicted molar refractivity (Wildman–Crippen MR) is 79.6 cm³/mol. The van der Waals surface area contributed by atoms with Crippen LogP contribution in [0.15, 0.2) is 18.2 Å². The Morgan fingerprint density at radius 3 is 2.59 bits per heavy atom. The van der Waals surface area contributed by atoms with E-state index in [1.165, 1.54) is 5.56 Å². The van der Waals surface area contributed by atoms with Gasteiger partial charge in [-0.25, -0.2) is 4.39 Å². The van der Waals surface area contributed by atoms with Gasteiger partial charge in [0.05, 0.1) is 0 Å². The summed E-state index contributed by atoms with van der Waals surface area (Å²) in [6.45, 7) is 7.60. The fourth-order valence-corrected chi connectivity index (χ4v) is 2.72. The summed E-state index contributed by atoms with van der Waals surface area (Å²) in [5.74, 6) is 0.400. The first-order chi connectivity index (χ1) is 8.10. The molecular formula is C14H21FIN. The summed E-state index contributed by atoms with van der Waals surface area (Å²) in [5, 5.41) is 3.57. The molecule has 0 fully saturated rings. The molecule has 1 aromatic carbocycles. The quantitative estimate of drug-likeness (QED) is 0.745. The van der Waals surface area contributed by atoms with E-state index < -0.39 is 0 Å². The molecule has 0 radical (unpaired) electrons. The molecule has 0 spiro atoms. The lowest BCUT2D eigenvalue weighted by molar-refractivity contribution is 0.375. The van der Waals surface area contributed by atoms with Crippen LogP contribution in [0.2, 0.25) is 0 Å². The van der Waals surface area contributed by atoms with Crippen molar-refractivity contribution in [3.8, 4) is 0 Å². The van der Waals surface area contributed by atoms with Gasteiger partial charge in [0.25, 0.3) is 0 Å². The van der Waals surface area contributed by atoms with Crippen LogP contribution in [0.4, 0.5) is 4.39 Å². The molecule has 96 valence electrons. The van der Waals surface area contributed by atoms with Crippen molar-refractivity contribution in [2.75, 3.05) is 6.54 Å². The molecule has 2 unspecified atom stereocenters. The van der Waals surface area contributed by atoms with Crippen molar-refractivity contribution in [2.45, 2.75) is 39.7 Å². The van der Waals surface area contributed by atoms with Crippen molar-refractivity contribution >= 4 is 22.6 Å². The van der Waals surface area contributed by atoms with Gasteiger partial charge in [0.15, 0.2) is 0 Å². The molecule has 0 aliphatic rings. The van der Waals surface area contributed by atoms with Gasteiger partial charge < -0.3 is 5.32 Å². The molecular weight excluding hydrogens is 328 g/mol. The van der Waals surface area contributed by atoms with E-state index in [2.05, 4.69) is 48.7 Å². The fourth-order valence-electron chi connectivity index (χ4n) is 1.91. The summed E-state index contributed by atoms with van der Waals surface area (Å²) in [6, 6.07) is 5.41. The highest BCUT2D eigenvalue weighted by Crippen LogP contribution is 2.28. The first kappa shape index (κ1) is 14.9. The van der Waals surface area contributed by atoms with Crippen LogP contribution in [0.1, 0.15) is 45.2 Å². The van der Waals surface area contributed by atoms with E-state index in [9.17, 15) is 4.39 Å². The van der Waals surface area contributed by atoms with Gasteiger partial charge in [-0.1, -0.05) is 33.3 Å². The molecule has 0 saturated carbocycles. The van der Waals surface area contributed by atoms with Crippen LogP contribution < -0.4 is 5.32 Å². The lowest BCUT2D eigenvalue weighted by atomic mass is 9.92. The number of benzene rings is 1.